The maximum atomic E-state index is 12.5. The van der Waals surface area contributed by atoms with Gasteiger partial charge in [-0.2, -0.15) is 0 Å². The van der Waals surface area contributed by atoms with Gasteiger partial charge in [-0.15, -0.1) is 5.10 Å². The molecule has 1 saturated carbocycles. The van der Waals surface area contributed by atoms with E-state index in [9.17, 15) is 4.79 Å². The van der Waals surface area contributed by atoms with Crippen LogP contribution in [0, 0.1) is 11.8 Å². The Morgan fingerprint density at radius 3 is 2.83 bits per heavy atom. The molecule has 0 spiro atoms. The quantitative estimate of drug-likeness (QED) is 0.788. The fourth-order valence-electron chi connectivity index (χ4n) is 3.27. The lowest BCUT2D eigenvalue weighted by atomic mass is 9.81. The fourth-order valence-corrected chi connectivity index (χ4v) is 4.14. The molecule has 8 heteroatoms. The molecule has 1 aliphatic carbocycles. The number of aromatic nitrogens is 5. The predicted octanol–water partition coefficient (Wildman–Crippen LogP) is 2.73. The van der Waals surface area contributed by atoms with Gasteiger partial charge in [0.15, 0.2) is 5.13 Å². The van der Waals surface area contributed by atoms with Crippen molar-refractivity contribution in [3.63, 3.8) is 0 Å². The van der Waals surface area contributed by atoms with Gasteiger partial charge in [-0.05, 0) is 54.2 Å². The Bertz CT molecular complexity index is 789. The third-order valence-corrected chi connectivity index (χ3v) is 5.53. The summed E-state index contributed by atoms with van der Waals surface area (Å²) in [7, 11) is 0. The molecule has 3 aromatic rings. The Morgan fingerprint density at radius 2 is 2.08 bits per heavy atom. The molecular formula is C16H18N6OS. The number of nitrogens with one attached hydrogen (secondary N) is 1. The number of para-hydroxylation sites is 1. The summed E-state index contributed by atoms with van der Waals surface area (Å²) in [4.78, 5) is 17.0. The third-order valence-electron chi connectivity index (χ3n) is 4.58. The van der Waals surface area contributed by atoms with Crippen LogP contribution in [-0.4, -0.2) is 31.1 Å². The van der Waals surface area contributed by atoms with Crippen molar-refractivity contribution in [3.05, 3.63) is 30.6 Å². The van der Waals surface area contributed by atoms with Crippen LogP contribution in [0.1, 0.15) is 25.7 Å². The van der Waals surface area contributed by atoms with Gasteiger partial charge in [0.2, 0.25) is 5.91 Å². The second kappa shape index (κ2) is 6.64. The zero-order chi connectivity index (χ0) is 16.4. The summed E-state index contributed by atoms with van der Waals surface area (Å²) >= 11 is 1.52. The molecule has 1 fully saturated rings. The lowest BCUT2D eigenvalue weighted by Gasteiger charge is -2.27. The maximum Gasteiger partial charge on any atom is 0.229 e. The van der Waals surface area contributed by atoms with E-state index in [4.69, 9.17) is 0 Å². The van der Waals surface area contributed by atoms with Crippen LogP contribution in [0.3, 0.4) is 0 Å². The van der Waals surface area contributed by atoms with Crippen LogP contribution in [0.4, 0.5) is 5.13 Å². The second-order valence-corrected chi connectivity index (χ2v) is 7.26. The Balaban J connectivity index is 1.32. The zero-order valence-electron chi connectivity index (χ0n) is 13.1. The van der Waals surface area contributed by atoms with E-state index in [1.807, 2.05) is 24.3 Å². The van der Waals surface area contributed by atoms with Crippen LogP contribution in [-0.2, 0) is 11.3 Å². The fraction of sp³-hybridized carbons (Fsp3) is 0.438. The molecule has 0 atom stereocenters. The number of anilines is 1. The summed E-state index contributed by atoms with van der Waals surface area (Å²) in [5.74, 6) is 0.706. The first-order valence-electron chi connectivity index (χ1n) is 8.15. The molecular weight excluding hydrogens is 324 g/mol. The number of amides is 1. The minimum absolute atomic E-state index is 0.0714. The molecule has 7 nitrogen and oxygen atoms in total. The van der Waals surface area contributed by atoms with E-state index in [1.165, 1.54) is 11.3 Å². The molecule has 4 rings (SSSR count). The van der Waals surface area contributed by atoms with Crippen molar-refractivity contribution in [1.29, 1.82) is 0 Å². The number of thiazole rings is 1. The van der Waals surface area contributed by atoms with E-state index in [-0.39, 0.29) is 11.8 Å². The predicted molar refractivity (Wildman–Crippen MR) is 91.5 cm³/mol. The SMILES string of the molecule is O=C(Nc1nc2ccccc2s1)C1CCC(Cn2cnnn2)CC1. The molecule has 0 saturated heterocycles. The minimum atomic E-state index is 0.0714. The standard InChI is InChI=1S/C16H18N6OS/c23-15(19-16-18-13-3-1-2-4-14(13)24-16)12-7-5-11(6-8-12)9-22-10-17-20-21-22/h1-4,10-12H,5-9H2,(H,18,19,23). The van der Waals surface area contributed by atoms with E-state index in [0.717, 1.165) is 42.4 Å². The first-order valence-corrected chi connectivity index (χ1v) is 8.97. The Hall–Kier alpha value is -2.35. The number of carbonyl (C=O) groups is 1. The highest BCUT2D eigenvalue weighted by molar-refractivity contribution is 7.22. The van der Waals surface area contributed by atoms with Gasteiger partial charge in [-0.1, -0.05) is 23.5 Å². The van der Waals surface area contributed by atoms with E-state index in [1.54, 1.807) is 11.0 Å². The molecule has 1 aliphatic rings. The summed E-state index contributed by atoms with van der Waals surface area (Å²) in [6, 6.07) is 7.93. The number of hydrogen-bond acceptors (Lipinski definition) is 6. The Morgan fingerprint density at radius 1 is 1.25 bits per heavy atom. The summed E-state index contributed by atoms with van der Waals surface area (Å²) in [6.45, 7) is 0.833. The van der Waals surface area contributed by atoms with Crippen molar-refractivity contribution >= 4 is 32.6 Å². The van der Waals surface area contributed by atoms with Gasteiger partial charge in [0.25, 0.3) is 0 Å². The molecule has 1 aromatic carbocycles. The van der Waals surface area contributed by atoms with Gasteiger partial charge >= 0.3 is 0 Å². The number of nitrogens with zero attached hydrogens (tertiary/aromatic N) is 5. The second-order valence-electron chi connectivity index (χ2n) is 6.23. The Kier molecular flexibility index (Phi) is 4.20. The van der Waals surface area contributed by atoms with Gasteiger partial charge in [-0.25, -0.2) is 9.67 Å². The van der Waals surface area contributed by atoms with E-state index >= 15 is 0 Å². The summed E-state index contributed by atoms with van der Waals surface area (Å²) in [6.07, 6.45) is 5.51. The summed E-state index contributed by atoms with van der Waals surface area (Å²) in [5.41, 5.74) is 0.933. The first kappa shape index (κ1) is 15.2. The minimum Gasteiger partial charge on any atom is -0.302 e. The highest BCUT2D eigenvalue weighted by Crippen LogP contribution is 2.31. The maximum absolute atomic E-state index is 12.5. The lowest BCUT2D eigenvalue weighted by Crippen LogP contribution is -2.28. The highest BCUT2D eigenvalue weighted by atomic mass is 32.1. The summed E-state index contributed by atoms with van der Waals surface area (Å²) in [5, 5.41) is 14.9. The molecule has 0 radical (unpaired) electrons. The van der Waals surface area contributed by atoms with Crippen molar-refractivity contribution in [2.75, 3.05) is 5.32 Å². The number of fused-ring (bicyclic) bond motifs is 1. The van der Waals surface area contributed by atoms with Crippen molar-refractivity contribution < 1.29 is 4.79 Å². The van der Waals surface area contributed by atoms with Crippen LogP contribution in [0.2, 0.25) is 0 Å². The van der Waals surface area contributed by atoms with Crippen molar-refractivity contribution in [3.8, 4) is 0 Å². The van der Waals surface area contributed by atoms with Crippen LogP contribution >= 0.6 is 11.3 Å². The number of benzene rings is 1. The smallest absolute Gasteiger partial charge is 0.229 e. The average Bonchev–Trinajstić information content (AvgIpc) is 3.24. The van der Waals surface area contributed by atoms with Crippen LogP contribution in [0.5, 0.6) is 0 Å². The van der Waals surface area contributed by atoms with Crippen molar-refractivity contribution in [1.82, 2.24) is 25.2 Å². The topological polar surface area (TPSA) is 85.6 Å². The molecule has 0 bridgehead atoms. The van der Waals surface area contributed by atoms with Gasteiger partial charge in [-0.3, -0.25) is 4.79 Å². The van der Waals surface area contributed by atoms with E-state index < -0.39 is 0 Å². The lowest BCUT2D eigenvalue weighted by molar-refractivity contribution is -0.121. The van der Waals surface area contributed by atoms with Crippen LogP contribution in [0.15, 0.2) is 30.6 Å². The number of tetrazole rings is 1. The molecule has 2 heterocycles. The van der Waals surface area contributed by atoms with Gasteiger partial charge < -0.3 is 5.32 Å². The third kappa shape index (κ3) is 3.28. The summed E-state index contributed by atoms with van der Waals surface area (Å²) < 4.78 is 2.87. The average molecular weight is 342 g/mol. The molecule has 124 valence electrons. The normalized spacial score (nSPS) is 21.0. The molecule has 0 aliphatic heterocycles. The van der Waals surface area contributed by atoms with Gasteiger partial charge in [0.05, 0.1) is 10.2 Å². The number of hydrogen-bond donors (Lipinski definition) is 1. The zero-order valence-corrected chi connectivity index (χ0v) is 13.9. The van der Waals surface area contributed by atoms with Crippen molar-refractivity contribution in [2.24, 2.45) is 11.8 Å². The largest absolute Gasteiger partial charge is 0.302 e. The molecule has 2 aromatic heterocycles. The van der Waals surface area contributed by atoms with E-state index in [2.05, 4.69) is 25.8 Å². The van der Waals surface area contributed by atoms with Crippen molar-refractivity contribution in [2.45, 2.75) is 32.2 Å². The Labute approximate surface area is 143 Å². The number of carbonyl (C=O) groups excluding carboxylic acids is 1. The van der Waals surface area contributed by atoms with Gasteiger partial charge in [0, 0.05) is 12.5 Å². The highest BCUT2D eigenvalue weighted by Gasteiger charge is 2.27. The molecule has 24 heavy (non-hydrogen) atoms. The van der Waals surface area contributed by atoms with Crippen LogP contribution < -0.4 is 5.32 Å². The molecule has 1 N–H and O–H groups in total. The van der Waals surface area contributed by atoms with Crippen LogP contribution in [0.25, 0.3) is 10.2 Å². The monoisotopic (exact) mass is 342 g/mol. The number of rotatable bonds is 4. The molecule has 1 amide bonds. The molecule has 0 unspecified atom stereocenters. The van der Waals surface area contributed by atoms with E-state index in [0.29, 0.717) is 11.0 Å². The van der Waals surface area contributed by atoms with Gasteiger partial charge in [0.1, 0.15) is 6.33 Å². The first-order chi connectivity index (χ1) is 11.8.